The van der Waals surface area contributed by atoms with Gasteiger partial charge in [0.2, 0.25) is 5.91 Å². The standard InChI is InChI=1S/C18H20ClF2N5O2/c1-22-15(27)8-23-18(28)16-14-9-25(2)4-3-5-26(14)17(24-16)10-6-11(19)13(21)7-12(10)20/h6-7H,3-5,8-9H2,1-2H3,(H,22,27)(H,23,28). The normalized spacial score (nSPS) is 14.3. The lowest BCUT2D eigenvalue weighted by Gasteiger charge is -2.13. The maximum atomic E-state index is 14.5. The van der Waals surface area contributed by atoms with E-state index in [1.54, 1.807) is 4.57 Å². The van der Waals surface area contributed by atoms with Gasteiger partial charge in [-0.05, 0) is 26.1 Å². The van der Waals surface area contributed by atoms with Gasteiger partial charge in [0.15, 0.2) is 5.69 Å². The Morgan fingerprint density at radius 3 is 2.71 bits per heavy atom. The molecule has 0 saturated heterocycles. The third-order valence-electron chi connectivity index (χ3n) is 4.57. The molecule has 0 aliphatic carbocycles. The summed E-state index contributed by atoms with van der Waals surface area (Å²) in [5.74, 6) is -2.37. The van der Waals surface area contributed by atoms with E-state index in [1.165, 1.54) is 13.1 Å². The Labute approximate surface area is 165 Å². The lowest BCUT2D eigenvalue weighted by atomic mass is 10.2. The molecular weight excluding hydrogens is 392 g/mol. The van der Waals surface area contributed by atoms with E-state index in [4.69, 9.17) is 11.6 Å². The van der Waals surface area contributed by atoms with Gasteiger partial charge >= 0.3 is 0 Å². The number of hydrogen-bond acceptors (Lipinski definition) is 4. The summed E-state index contributed by atoms with van der Waals surface area (Å²) in [7, 11) is 3.37. The van der Waals surface area contributed by atoms with Crippen molar-refractivity contribution in [3.8, 4) is 11.4 Å². The monoisotopic (exact) mass is 411 g/mol. The lowest BCUT2D eigenvalue weighted by Crippen LogP contribution is -2.36. The Hall–Kier alpha value is -2.52. The average Bonchev–Trinajstić information content (AvgIpc) is 2.88. The Morgan fingerprint density at radius 1 is 1.25 bits per heavy atom. The fraction of sp³-hybridized carbons (Fsp3) is 0.389. The van der Waals surface area contributed by atoms with Crippen LogP contribution in [0.5, 0.6) is 0 Å². The number of imidazole rings is 1. The third-order valence-corrected chi connectivity index (χ3v) is 4.86. The second kappa shape index (κ2) is 8.24. The van der Waals surface area contributed by atoms with E-state index >= 15 is 0 Å². The van der Waals surface area contributed by atoms with E-state index in [2.05, 4.69) is 15.6 Å². The van der Waals surface area contributed by atoms with E-state index in [0.717, 1.165) is 13.0 Å². The van der Waals surface area contributed by atoms with Crippen molar-refractivity contribution in [1.29, 1.82) is 0 Å². The summed E-state index contributed by atoms with van der Waals surface area (Å²) in [4.78, 5) is 30.4. The summed E-state index contributed by atoms with van der Waals surface area (Å²) >= 11 is 5.83. The number of fused-ring (bicyclic) bond motifs is 1. The molecule has 0 spiro atoms. The molecule has 0 radical (unpaired) electrons. The minimum atomic E-state index is -0.867. The number of nitrogens with one attached hydrogen (secondary N) is 2. The van der Waals surface area contributed by atoms with Crippen molar-refractivity contribution in [2.45, 2.75) is 19.5 Å². The van der Waals surface area contributed by atoms with E-state index < -0.39 is 17.5 Å². The summed E-state index contributed by atoms with van der Waals surface area (Å²) in [5.41, 5.74) is 0.722. The summed E-state index contributed by atoms with van der Waals surface area (Å²) < 4.78 is 29.8. The van der Waals surface area contributed by atoms with Crippen LogP contribution in [-0.2, 0) is 17.9 Å². The Bertz CT molecular complexity index is 931. The molecule has 150 valence electrons. The van der Waals surface area contributed by atoms with Crippen molar-refractivity contribution in [3.63, 3.8) is 0 Å². The van der Waals surface area contributed by atoms with Crippen LogP contribution in [0.25, 0.3) is 11.4 Å². The third kappa shape index (κ3) is 4.00. The fourth-order valence-electron chi connectivity index (χ4n) is 3.14. The van der Waals surface area contributed by atoms with Crippen LogP contribution >= 0.6 is 11.6 Å². The van der Waals surface area contributed by atoms with Crippen LogP contribution in [0.3, 0.4) is 0 Å². The van der Waals surface area contributed by atoms with Gasteiger partial charge in [-0.15, -0.1) is 0 Å². The fourth-order valence-corrected chi connectivity index (χ4v) is 3.30. The molecule has 1 aromatic heterocycles. The minimum absolute atomic E-state index is 0.0163. The molecule has 1 aromatic carbocycles. The quantitative estimate of drug-likeness (QED) is 0.752. The first kappa shape index (κ1) is 20.2. The Kier molecular flexibility index (Phi) is 5.95. The van der Waals surface area contributed by atoms with Crippen molar-refractivity contribution in [2.75, 3.05) is 27.2 Å². The average molecular weight is 412 g/mol. The predicted octanol–water partition coefficient (Wildman–Crippen LogP) is 1.79. The van der Waals surface area contributed by atoms with Gasteiger partial charge in [0.25, 0.3) is 5.91 Å². The predicted molar refractivity (Wildman–Crippen MR) is 99.9 cm³/mol. The second-order valence-corrected chi connectivity index (χ2v) is 6.98. The number of amides is 2. The number of likely N-dealkylation sites (N-methyl/N-ethyl adjacent to an activating group) is 1. The number of carbonyl (C=O) groups is 2. The number of benzene rings is 1. The summed E-state index contributed by atoms with van der Waals surface area (Å²) in [6.45, 7) is 1.52. The highest BCUT2D eigenvalue weighted by molar-refractivity contribution is 6.31. The lowest BCUT2D eigenvalue weighted by molar-refractivity contribution is -0.119. The molecule has 2 N–H and O–H groups in total. The molecule has 0 saturated carbocycles. The first-order valence-corrected chi connectivity index (χ1v) is 9.11. The molecule has 1 aliphatic heterocycles. The van der Waals surface area contributed by atoms with Gasteiger partial charge in [-0.1, -0.05) is 11.6 Å². The van der Waals surface area contributed by atoms with Crippen molar-refractivity contribution in [3.05, 3.63) is 40.2 Å². The topological polar surface area (TPSA) is 79.3 Å². The van der Waals surface area contributed by atoms with Crippen LogP contribution in [0.4, 0.5) is 8.78 Å². The maximum absolute atomic E-state index is 14.5. The molecule has 3 rings (SSSR count). The van der Waals surface area contributed by atoms with Gasteiger partial charge in [0.05, 0.1) is 22.8 Å². The number of nitrogens with zero attached hydrogens (tertiary/aromatic N) is 3. The number of aromatic nitrogens is 2. The molecule has 1 aliphatic rings. The molecular formula is C18H20ClF2N5O2. The van der Waals surface area contributed by atoms with Crippen LogP contribution < -0.4 is 10.6 Å². The summed E-state index contributed by atoms with van der Waals surface area (Å²) in [5, 5.41) is 4.69. The van der Waals surface area contributed by atoms with Crippen LogP contribution in [0.15, 0.2) is 12.1 Å². The van der Waals surface area contributed by atoms with E-state index in [0.29, 0.717) is 24.8 Å². The largest absolute Gasteiger partial charge is 0.358 e. The minimum Gasteiger partial charge on any atom is -0.358 e. The molecule has 0 atom stereocenters. The van der Waals surface area contributed by atoms with E-state index in [9.17, 15) is 18.4 Å². The number of hydrogen-bond donors (Lipinski definition) is 2. The van der Waals surface area contributed by atoms with Gasteiger partial charge in [-0.3, -0.25) is 9.59 Å². The zero-order valence-electron chi connectivity index (χ0n) is 15.5. The molecule has 2 heterocycles. The Morgan fingerprint density at radius 2 is 2.00 bits per heavy atom. The number of carbonyl (C=O) groups excluding carboxylic acids is 2. The van der Waals surface area contributed by atoms with E-state index in [1.807, 2.05) is 11.9 Å². The van der Waals surface area contributed by atoms with Crippen LogP contribution in [0.2, 0.25) is 5.02 Å². The van der Waals surface area contributed by atoms with E-state index in [-0.39, 0.29) is 34.6 Å². The zero-order valence-corrected chi connectivity index (χ0v) is 16.2. The molecule has 0 unspecified atom stereocenters. The van der Waals surface area contributed by atoms with Crippen LogP contribution in [-0.4, -0.2) is 53.5 Å². The van der Waals surface area contributed by atoms with Crippen molar-refractivity contribution in [1.82, 2.24) is 25.1 Å². The van der Waals surface area contributed by atoms with Gasteiger partial charge in [-0.25, -0.2) is 13.8 Å². The second-order valence-electron chi connectivity index (χ2n) is 6.58. The van der Waals surface area contributed by atoms with Crippen molar-refractivity contribution < 1.29 is 18.4 Å². The first-order chi connectivity index (χ1) is 13.3. The summed E-state index contributed by atoms with van der Waals surface area (Å²) in [6, 6.07) is 1.87. The highest BCUT2D eigenvalue weighted by Gasteiger charge is 2.27. The van der Waals surface area contributed by atoms with Gasteiger partial charge in [0, 0.05) is 26.2 Å². The Balaban J connectivity index is 2.08. The number of halogens is 3. The molecule has 0 fully saturated rings. The molecule has 2 aromatic rings. The van der Waals surface area contributed by atoms with Crippen molar-refractivity contribution >= 4 is 23.4 Å². The maximum Gasteiger partial charge on any atom is 0.272 e. The summed E-state index contributed by atoms with van der Waals surface area (Å²) in [6.07, 6.45) is 0.767. The smallest absolute Gasteiger partial charge is 0.272 e. The van der Waals surface area contributed by atoms with Crippen LogP contribution in [0, 0.1) is 11.6 Å². The molecule has 0 bridgehead atoms. The van der Waals surface area contributed by atoms with Crippen LogP contribution in [0.1, 0.15) is 22.6 Å². The zero-order chi connectivity index (χ0) is 20.4. The molecule has 10 heteroatoms. The molecule has 28 heavy (non-hydrogen) atoms. The first-order valence-electron chi connectivity index (χ1n) is 8.73. The van der Waals surface area contributed by atoms with Gasteiger partial charge in [0.1, 0.15) is 17.5 Å². The van der Waals surface area contributed by atoms with Gasteiger partial charge < -0.3 is 20.1 Å². The SMILES string of the molecule is CNC(=O)CNC(=O)c1nc(-c2cc(Cl)c(F)cc2F)n2c1CN(C)CCC2. The van der Waals surface area contributed by atoms with Gasteiger partial charge in [-0.2, -0.15) is 0 Å². The molecule has 7 nitrogen and oxygen atoms in total. The molecule has 2 amide bonds. The number of rotatable bonds is 4. The van der Waals surface area contributed by atoms with Crippen molar-refractivity contribution in [2.24, 2.45) is 0 Å². The highest BCUT2D eigenvalue weighted by Crippen LogP contribution is 2.31. The highest BCUT2D eigenvalue weighted by atomic mass is 35.5.